The predicted molar refractivity (Wildman–Crippen MR) is 58.2 cm³/mol. The van der Waals surface area contributed by atoms with E-state index in [-0.39, 0.29) is 0 Å². The molecule has 0 aromatic rings. The van der Waals surface area contributed by atoms with Crippen molar-refractivity contribution in [3.8, 4) is 0 Å². The molecule has 0 saturated carbocycles. The van der Waals surface area contributed by atoms with Crippen molar-refractivity contribution in [2.45, 2.75) is 39.0 Å². The monoisotopic (exact) mass is 210 g/mol. The van der Waals surface area contributed by atoms with Crippen LogP contribution in [0.3, 0.4) is 0 Å². The van der Waals surface area contributed by atoms with Gasteiger partial charge in [0.15, 0.2) is 0 Å². The van der Waals surface area contributed by atoms with Crippen LogP contribution in [-0.2, 0) is 9.59 Å². The number of hydrogen-bond acceptors (Lipinski definition) is 4. The summed E-state index contributed by atoms with van der Waals surface area (Å²) in [5, 5.41) is 0. The second-order valence-corrected chi connectivity index (χ2v) is 3.69. The normalized spacial score (nSPS) is 11.3. The molecule has 0 radical (unpaired) electrons. The molecule has 0 aliphatic carbocycles. The molecule has 0 fully saturated rings. The van der Waals surface area contributed by atoms with E-state index in [4.69, 9.17) is 0 Å². The first-order chi connectivity index (χ1) is 7.31. The Morgan fingerprint density at radius 3 is 2.07 bits per heavy atom. The number of aliphatic imine (C=N–C) groups is 2. The maximum absolute atomic E-state index is 9.79. The lowest BCUT2D eigenvalue weighted by Gasteiger charge is -2.08. The first-order valence-electron chi connectivity index (χ1n) is 5.38. The summed E-state index contributed by atoms with van der Waals surface area (Å²) in [6, 6.07) is 0. The third-order valence-corrected chi connectivity index (χ3v) is 2.31. The van der Waals surface area contributed by atoms with Gasteiger partial charge in [0.05, 0.1) is 13.1 Å². The molecule has 0 aliphatic rings. The van der Waals surface area contributed by atoms with Gasteiger partial charge in [0, 0.05) is 0 Å². The van der Waals surface area contributed by atoms with Crippen molar-refractivity contribution in [1.82, 2.24) is 0 Å². The van der Waals surface area contributed by atoms with Crippen LogP contribution in [0.5, 0.6) is 0 Å². The molecule has 84 valence electrons. The van der Waals surface area contributed by atoms with Crippen LogP contribution in [0.25, 0.3) is 0 Å². The van der Waals surface area contributed by atoms with Crippen molar-refractivity contribution >= 4 is 12.2 Å². The molecule has 0 N–H and O–H groups in total. The molecule has 0 rings (SSSR count). The van der Waals surface area contributed by atoms with E-state index in [1.54, 1.807) is 0 Å². The Balaban J connectivity index is 3.28. The van der Waals surface area contributed by atoms with Crippen LogP contribution in [-0.4, -0.2) is 25.2 Å². The Bertz CT molecular complexity index is 241. The maximum Gasteiger partial charge on any atom is 0.234 e. The predicted octanol–water partition coefficient (Wildman–Crippen LogP) is 2.24. The smallest absolute Gasteiger partial charge is 0.211 e. The average Bonchev–Trinajstić information content (AvgIpc) is 2.24. The van der Waals surface area contributed by atoms with Crippen molar-refractivity contribution < 1.29 is 9.59 Å². The van der Waals surface area contributed by atoms with E-state index in [0.29, 0.717) is 19.0 Å². The molecule has 0 bridgehead atoms. The summed E-state index contributed by atoms with van der Waals surface area (Å²) in [4.78, 5) is 26.6. The van der Waals surface area contributed by atoms with Crippen LogP contribution in [0.1, 0.15) is 39.0 Å². The fourth-order valence-corrected chi connectivity index (χ4v) is 1.44. The highest BCUT2D eigenvalue weighted by molar-refractivity contribution is 5.32. The molecule has 0 saturated heterocycles. The van der Waals surface area contributed by atoms with Crippen LogP contribution in [0, 0.1) is 5.92 Å². The zero-order chi connectivity index (χ0) is 11.4. The van der Waals surface area contributed by atoms with E-state index in [9.17, 15) is 9.59 Å². The number of isocyanates is 2. The van der Waals surface area contributed by atoms with Gasteiger partial charge in [-0.1, -0.05) is 19.8 Å². The summed E-state index contributed by atoms with van der Waals surface area (Å²) in [6.07, 6.45) is 8.27. The van der Waals surface area contributed by atoms with Crippen LogP contribution < -0.4 is 0 Å². The topological polar surface area (TPSA) is 58.9 Å². The maximum atomic E-state index is 9.79. The number of unbranched alkanes of at least 4 members (excludes halogenated alkanes) is 1. The summed E-state index contributed by atoms with van der Waals surface area (Å²) in [5.74, 6) is 0.645. The average molecular weight is 210 g/mol. The number of nitrogens with zero attached hydrogens (tertiary/aromatic N) is 2. The standard InChI is InChI=1S/C11H18N2O2/c1-11(6-4-8-13-10-15)5-2-3-7-12-9-14/h11H,2-8H2,1H3/t11-/m1/s1. The number of rotatable bonds is 9. The quantitative estimate of drug-likeness (QED) is 0.333. The van der Waals surface area contributed by atoms with E-state index in [2.05, 4.69) is 16.9 Å². The van der Waals surface area contributed by atoms with Gasteiger partial charge in [0.2, 0.25) is 12.2 Å². The Labute approximate surface area is 90.5 Å². The van der Waals surface area contributed by atoms with Crippen molar-refractivity contribution in [1.29, 1.82) is 0 Å². The molecular formula is C11H18N2O2. The van der Waals surface area contributed by atoms with Gasteiger partial charge in [-0.15, -0.1) is 0 Å². The zero-order valence-corrected chi connectivity index (χ0v) is 9.24. The summed E-state index contributed by atoms with van der Waals surface area (Å²) in [6.45, 7) is 3.36. The first-order valence-corrected chi connectivity index (χ1v) is 5.38. The largest absolute Gasteiger partial charge is 0.234 e. The van der Waals surface area contributed by atoms with E-state index in [1.807, 2.05) is 0 Å². The molecule has 4 heteroatoms. The first kappa shape index (κ1) is 13.8. The van der Waals surface area contributed by atoms with Crippen molar-refractivity contribution in [2.75, 3.05) is 13.1 Å². The van der Waals surface area contributed by atoms with Gasteiger partial charge >= 0.3 is 0 Å². The van der Waals surface area contributed by atoms with Gasteiger partial charge in [-0.2, -0.15) is 0 Å². The molecule has 0 unspecified atom stereocenters. The minimum Gasteiger partial charge on any atom is -0.211 e. The Morgan fingerprint density at radius 2 is 1.47 bits per heavy atom. The minimum atomic E-state index is 0.587. The van der Waals surface area contributed by atoms with E-state index in [0.717, 1.165) is 32.1 Å². The van der Waals surface area contributed by atoms with Crippen LogP contribution in [0.2, 0.25) is 0 Å². The van der Waals surface area contributed by atoms with Crippen LogP contribution >= 0.6 is 0 Å². The van der Waals surface area contributed by atoms with Gasteiger partial charge in [0.1, 0.15) is 0 Å². The van der Waals surface area contributed by atoms with E-state index in [1.165, 1.54) is 12.2 Å². The van der Waals surface area contributed by atoms with Gasteiger partial charge in [-0.05, 0) is 25.2 Å². The molecular weight excluding hydrogens is 192 g/mol. The lowest BCUT2D eigenvalue weighted by Crippen LogP contribution is -1.96. The third kappa shape index (κ3) is 10.7. The zero-order valence-electron chi connectivity index (χ0n) is 9.24. The molecule has 1 atom stereocenters. The highest BCUT2D eigenvalue weighted by atomic mass is 16.1. The fourth-order valence-electron chi connectivity index (χ4n) is 1.44. The molecule has 0 aliphatic heterocycles. The Hall–Kier alpha value is -1.24. The second kappa shape index (κ2) is 10.8. The number of hydrogen-bond donors (Lipinski definition) is 0. The van der Waals surface area contributed by atoms with E-state index >= 15 is 0 Å². The van der Waals surface area contributed by atoms with Gasteiger partial charge in [-0.25, -0.2) is 19.6 Å². The lowest BCUT2D eigenvalue weighted by molar-refractivity contribution is 0.456. The van der Waals surface area contributed by atoms with Crippen LogP contribution in [0.15, 0.2) is 9.98 Å². The van der Waals surface area contributed by atoms with Gasteiger partial charge in [0.25, 0.3) is 0 Å². The summed E-state index contributed by atoms with van der Waals surface area (Å²) in [5.41, 5.74) is 0. The molecule has 0 spiro atoms. The van der Waals surface area contributed by atoms with Crippen LogP contribution in [0.4, 0.5) is 0 Å². The summed E-state index contributed by atoms with van der Waals surface area (Å²) >= 11 is 0. The second-order valence-electron chi connectivity index (χ2n) is 3.69. The van der Waals surface area contributed by atoms with Gasteiger partial charge in [-0.3, -0.25) is 0 Å². The minimum absolute atomic E-state index is 0.587. The third-order valence-electron chi connectivity index (χ3n) is 2.31. The summed E-state index contributed by atoms with van der Waals surface area (Å²) in [7, 11) is 0. The molecule has 0 amide bonds. The highest BCUT2D eigenvalue weighted by Crippen LogP contribution is 2.13. The van der Waals surface area contributed by atoms with Crippen molar-refractivity contribution in [3.05, 3.63) is 0 Å². The Morgan fingerprint density at radius 1 is 0.933 bits per heavy atom. The fraction of sp³-hybridized carbons (Fsp3) is 0.818. The molecule has 0 aromatic carbocycles. The molecule has 4 nitrogen and oxygen atoms in total. The van der Waals surface area contributed by atoms with E-state index < -0.39 is 0 Å². The molecule has 15 heavy (non-hydrogen) atoms. The lowest BCUT2D eigenvalue weighted by atomic mass is 9.99. The van der Waals surface area contributed by atoms with Crippen molar-refractivity contribution in [2.24, 2.45) is 15.9 Å². The number of carbonyl (C=O) groups excluding carboxylic acids is 2. The molecule has 0 heterocycles. The highest BCUT2D eigenvalue weighted by Gasteiger charge is 2.01. The Kier molecular flexibility index (Phi) is 9.94. The summed E-state index contributed by atoms with van der Waals surface area (Å²) < 4.78 is 0. The SMILES string of the molecule is C[C@H](CCCCN=C=O)CCCN=C=O. The molecule has 0 aromatic heterocycles. The van der Waals surface area contributed by atoms with Gasteiger partial charge < -0.3 is 0 Å². The van der Waals surface area contributed by atoms with Crippen molar-refractivity contribution in [3.63, 3.8) is 0 Å².